The molecule has 4 heteroatoms. The van der Waals surface area contributed by atoms with Crippen LogP contribution in [0.4, 0.5) is 0 Å². The Balaban J connectivity index is 2.45. The Labute approximate surface area is 109 Å². The summed E-state index contributed by atoms with van der Waals surface area (Å²) < 4.78 is 5.53. The molecule has 1 unspecified atom stereocenters. The Bertz CT molecular complexity index is 333. The lowest BCUT2D eigenvalue weighted by Gasteiger charge is -2.23. The number of hydrogen-bond donors (Lipinski definition) is 1. The van der Waals surface area contributed by atoms with Gasteiger partial charge in [-0.3, -0.25) is 4.90 Å². The van der Waals surface area contributed by atoms with E-state index in [0.717, 1.165) is 18.1 Å². The highest BCUT2D eigenvalue weighted by Gasteiger charge is 2.10. The molecule has 0 fully saturated rings. The lowest BCUT2D eigenvalue weighted by molar-refractivity contribution is 0.0437. The molecule has 2 N–H and O–H groups in total. The van der Waals surface area contributed by atoms with Gasteiger partial charge in [0, 0.05) is 31.3 Å². The highest BCUT2D eigenvalue weighted by molar-refractivity contribution is 6.30. The second kappa shape index (κ2) is 7.67. The van der Waals surface area contributed by atoms with Gasteiger partial charge in [0.1, 0.15) is 0 Å². The number of likely N-dealkylation sites (N-methyl/N-ethyl adjacent to an activating group) is 1. The number of nitrogens with two attached hydrogens (primary N) is 1. The summed E-state index contributed by atoms with van der Waals surface area (Å²) in [5.74, 6) is 0. The molecule has 0 aromatic heterocycles. The van der Waals surface area contributed by atoms with E-state index in [9.17, 15) is 0 Å². The largest absolute Gasteiger partial charge is 0.376 e. The van der Waals surface area contributed by atoms with Gasteiger partial charge in [0.2, 0.25) is 0 Å². The van der Waals surface area contributed by atoms with Crippen LogP contribution in [-0.4, -0.2) is 37.7 Å². The lowest BCUT2D eigenvalue weighted by Crippen LogP contribution is -2.36. The van der Waals surface area contributed by atoms with E-state index >= 15 is 0 Å². The average molecular weight is 257 g/mol. The van der Waals surface area contributed by atoms with Gasteiger partial charge in [0.25, 0.3) is 0 Å². The first-order chi connectivity index (χ1) is 8.15. The van der Waals surface area contributed by atoms with Crippen LogP contribution in [0.1, 0.15) is 12.5 Å². The first-order valence-corrected chi connectivity index (χ1v) is 6.28. The molecule has 0 bridgehead atoms. The fourth-order valence-corrected chi connectivity index (χ4v) is 2.00. The summed E-state index contributed by atoms with van der Waals surface area (Å²) >= 11 is 5.95. The average Bonchev–Trinajstić information content (AvgIpc) is 2.28. The Hall–Kier alpha value is -0.610. The quantitative estimate of drug-likeness (QED) is 0.812. The molecule has 1 aromatic carbocycles. The molecule has 96 valence electrons. The Morgan fingerprint density at radius 3 is 2.82 bits per heavy atom. The fraction of sp³-hybridized carbons (Fsp3) is 0.538. The summed E-state index contributed by atoms with van der Waals surface area (Å²) in [6.45, 7) is 4.92. The molecule has 0 spiro atoms. The van der Waals surface area contributed by atoms with Gasteiger partial charge < -0.3 is 10.5 Å². The van der Waals surface area contributed by atoms with E-state index in [2.05, 4.69) is 18.0 Å². The van der Waals surface area contributed by atoms with Crippen LogP contribution in [0.15, 0.2) is 24.3 Å². The predicted molar refractivity (Wildman–Crippen MR) is 72.3 cm³/mol. The molecule has 17 heavy (non-hydrogen) atoms. The summed E-state index contributed by atoms with van der Waals surface area (Å²) in [7, 11) is 2.06. The van der Waals surface area contributed by atoms with Crippen LogP contribution >= 0.6 is 11.6 Å². The molecule has 1 aromatic rings. The van der Waals surface area contributed by atoms with Crippen molar-refractivity contribution in [3.05, 3.63) is 34.9 Å². The standard InChI is InChI=1S/C13H21ClN2O/c1-3-17-13(8-15)10-16(2)9-11-5-4-6-12(14)7-11/h4-7,13H,3,8-10,15H2,1-2H3. The fourth-order valence-electron chi connectivity index (χ4n) is 1.79. The molecule has 0 aliphatic heterocycles. The van der Waals surface area contributed by atoms with Crippen LogP contribution < -0.4 is 5.73 Å². The maximum Gasteiger partial charge on any atom is 0.0823 e. The van der Waals surface area contributed by atoms with Crippen molar-refractivity contribution in [1.82, 2.24) is 4.90 Å². The minimum Gasteiger partial charge on any atom is -0.376 e. The number of benzene rings is 1. The molecule has 0 aliphatic rings. The van der Waals surface area contributed by atoms with Crippen molar-refractivity contribution in [3.8, 4) is 0 Å². The lowest BCUT2D eigenvalue weighted by atomic mass is 10.2. The third-order valence-electron chi connectivity index (χ3n) is 2.52. The van der Waals surface area contributed by atoms with Gasteiger partial charge in [-0.05, 0) is 31.7 Å². The minimum absolute atomic E-state index is 0.101. The zero-order valence-corrected chi connectivity index (χ0v) is 11.3. The molecule has 1 atom stereocenters. The maximum absolute atomic E-state index is 5.95. The summed E-state index contributed by atoms with van der Waals surface area (Å²) in [6, 6.07) is 7.90. The SMILES string of the molecule is CCOC(CN)CN(C)Cc1cccc(Cl)c1. The second-order valence-corrected chi connectivity index (χ2v) is 4.58. The molecule has 0 aliphatic carbocycles. The van der Waals surface area contributed by atoms with Gasteiger partial charge in [-0.1, -0.05) is 23.7 Å². The van der Waals surface area contributed by atoms with Crippen LogP contribution in [0.2, 0.25) is 5.02 Å². The zero-order chi connectivity index (χ0) is 12.7. The van der Waals surface area contributed by atoms with Crippen molar-refractivity contribution >= 4 is 11.6 Å². The monoisotopic (exact) mass is 256 g/mol. The van der Waals surface area contributed by atoms with E-state index in [0.29, 0.717) is 13.2 Å². The van der Waals surface area contributed by atoms with E-state index in [1.165, 1.54) is 5.56 Å². The summed E-state index contributed by atoms with van der Waals surface area (Å²) in [5.41, 5.74) is 6.85. The van der Waals surface area contributed by atoms with Gasteiger partial charge in [0.05, 0.1) is 6.10 Å². The second-order valence-electron chi connectivity index (χ2n) is 4.14. The van der Waals surface area contributed by atoms with Crippen molar-refractivity contribution in [2.45, 2.75) is 19.6 Å². The van der Waals surface area contributed by atoms with Gasteiger partial charge in [-0.15, -0.1) is 0 Å². The molecule has 0 saturated heterocycles. The van der Waals surface area contributed by atoms with Crippen LogP contribution in [-0.2, 0) is 11.3 Å². The molecule has 0 heterocycles. The van der Waals surface area contributed by atoms with Crippen LogP contribution in [0.3, 0.4) is 0 Å². The Morgan fingerprint density at radius 2 is 2.24 bits per heavy atom. The molecule has 0 amide bonds. The topological polar surface area (TPSA) is 38.5 Å². The first kappa shape index (κ1) is 14.5. The van der Waals surface area contributed by atoms with Crippen LogP contribution in [0, 0.1) is 0 Å². The summed E-state index contributed by atoms with van der Waals surface area (Å²) in [6.07, 6.45) is 0.101. The highest BCUT2D eigenvalue weighted by Crippen LogP contribution is 2.12. The van der Waals surface area contributed by atoms with E-state index in [4.69, 9.17) is 22.1 Å². The van der Waals surface area contributed by atoms with Crippen molar-refractivity contribution in [1.29, 1.82) is 0 Å². The van der Waals surface area contributed by atoms with E-state index in [-0.39, 0.29) is 6.10 Å². The minimum atomic E-state index is 0.101. The van der Waals surface area contributed by atoms with Crippen LogP contribution in [0.5, 0.6) is 0 Å². The van der Waals surface area contributed by atoms with Crippen molar-refractivity contribution in [2.75, 3.05) is 26.7 Å². The normalized spacial score (nSPS) is 13.0. The number of halogens is 1. The highest BCUT2D eigenvalue weighted by atomic mass is 35.5. The molecule has 3 nitrogen and oxygen atoms in total. The third-order valence-corrected chi connectivity index (χ3v) is 2.76. The maximum atomic E-state index is 5.95. The Kier molecular flexibility index (Phi) is 6.52. The summed E-state index contributed by atoms with van der Waals surface area (Å²) in [4.78, 5) is 2.19. The molecule has 0 radical (unpaired) electrons. The van der Waals surface area contributed by atoms with E-state index < -0.39 is 0 Å². The zero-order valence-electron chi connectivity index (χ0n) is 10.5. The molecular weight excluding hydrogens is 236 g/mol. The number of nitrogens with zero attached hydrogens (tertiary/aromatic N) is 1. The first-order valence-electron chi connectivity index (χ1n) is 5.90. The number of rotatable bonds is 7. The number of hydrogen-bond acceptors (Lipinski definition) is 3. The van der Waals surface area contributed by atoms with Crippen molar-refractivity contribution in [3.63, 3.8) is 0 Å². The van der Waals surface area contributed by atoms with E-state index in [1.54, 1.807) is 0 Å². The van der Waals surface area contributed by atoms with E-state index in [1.807, 2.05) is 25.1 Å². The Morgan fingerprint density at radius 1 is 1.47 bits per heavy atom. The van der Waals surface area contributed by atoms with Gasteiger partial charge in [0.15, 0.2) is 0 Å². The molecule has 0 saturated carbocycles. The molecular formula is C13H21ClN2O. The predicted octanol–water partition coefficient (Wildman–Crippen LogP) is 2.14. The summed E-state index contributed by atoms with van der Waals surface area (Å²) in [5, 5.41) is 0.774. The van der Waals surface area contributed by atoms with Crippen LogP contribution in [0.25, 0.3) is 0 Å². The van der Waals surface area contributed by atoms with Crippen molar-refractivity contribution < 1.29 is 4.74 Å². The smallest absolute Gasteiger partial charge is 0.0823 e. The van der Waals surface area contributed by atoms with Gasteiger partial charge in [-0.25, -0.2) is 0 Å². The van der Waals surface area contributed by atoms with Gasteiger partial charge in [-0.2, -0.15) is 0 Å². The van der Waals surface area contributed by atoms with Crippen molar-refractivity contribution in [2.24, 2.45) is 5.73 Å². The molecule has 1 rings (SSSR count). The number of ether oxygens (including phenoxy) is 1. The van der Waals surface area contributed by atoms with Gasteiger partial charge >= 0.3 is 0 Å². The third kappa shape index (κ3) is 5.50.